The van der Waals surface area contributed by atoms with Crippen molar-refractivity contribution in [2.24, 2.45) is 0 Å². The smallest absolute Gasteiger partial charge is 0.144 e. The molecule has 4 N–H and O–H groups in total. The molecule has 0 spiro atoms. The van der Waals surface area contributed by atoms with Gasteiger partial charge in [-0.15, -0.1) is 22.7 Å². The normalized spacial score (nSPS) is 10.5. The van der Waals surface area contributed by atoms with Crippen LogP contribution >= 0.6 is 38.6 Å². The van der Waals surface area contributed by atoms with Crippen LogP contribution < -0.4 is 11.5 Å². The number of thiophene rings is 2. The molecule has 116 valence electrons. The van der Waals surface area contributed by atoms with Gasteiger partial charge in [-0.2, -0.15) is 0 Å². The molecule has 4 rings (SSSR count). The van der Waals surface area contributed by atoms with Crippen molar-refractivity contribution in [3.63, 3.8) is 0 Å². The van der Waals surface area contributed by atoms with E-state index in [2.05, 4.69) is 42.4 Å². The quantitative estimate of drug-likeness (QED) is 0.495. The predicted octanol–water partition coefficient (Wildman–Crippen LogP) is 3.95. The van der Waals surface area contributed by atoms with Gasteiger partial charge in [0.1, 0.15) is 29.8 Å². The molecule has 4 aromatic rings. The van der Waals surface area contributed by atoms with Crippen molar-refractivity contribution in [2.45, 2.75) is 0 Å². The molecule has 4 heterocycles. The Morgan fingerprint density at radius 2 is 1.48 bits per heavy atom. The molecule has 0 aliphatic heterocycles. The fraction of sp³-hybridized carbons (Fsp3) is 0. The van der Waals surface area contributed by atoms with Crippen LogP contribution in [0.1, 0.15) is 5.56 Å². The molecule has 4 aromatic heterocycles. The van der Waals surface area contributed by atoms with E-state index < -0.39 is 0 Å². The number of nitrogen functional groups attached to an aromatic ring is 2. The van der Waals surface area contributed by atoms with E-state index in [9.17, 15) is 0 Å². The molecule has 6 nitrogen and oxygen atoms in total. The third-order valence-electron chi connectivity index (χ3n) is 2.97. The minimum atomic E-state index is 0.540. The van der Waals surface area contributed by atoms with E-state index in [0.29, 0.717) is 11.6 Å². The minimum absolute atomic E-state index is 0.540. The van der Waals surface area contributed by atoms with E-state index in [-0.39, 0.29) is 0 Å². The molecule has 0 bridgehead atoms. The van der Waals surface area contributed by atoms with E-state index in [4.69, 9.17) is 11.5 Å². The molecular formula is C14H11BrN6S2. The highest BCUT2D eigenvalue weighted by Gasteiger charge is 2.05. The highest BCUT2D eigenvalue weighted by atomic mass is 79.9. The van der Waals surface area contributed by atoms with Crippen LogP contribution in [0.3, 0.4) is 0 Å². The number of hydrogen-bond donors (Lipinski definition) is 2. The lowest BCUT2D eigenvalue weighted by Gasteiger charge is -1.92. The van der Waals surface area contributed by atoms with Crippen molar-refractivity contribution in [1.29, 1.82) is 0 Å². The van der Waals surface area contributed by atoms with Crippen LogP contribution in [0.5, 0.6) is 0 Å². The Morgan fingerprint density at radius 1 is 0.913 bits per heavy atom. The first-order chi connectivity index (χ1) is 11.1. The average Bonchev–Trinajstić information content (AvgIpc) is 3.14. The van der Waals surface area contributed by atoms with Gasteiger partial charge in [0, 0.05) is 16.3 Å². The van der Waals surface area contributed by atoms with Crippen LogP contribution in [0.2, 0.25) is 0 Å². The summed E-state index contributed by atoms with van der Waals surface area (Å²) < 4.78 is 2.86. The largest absolute Gasteiger partial charge is 0.382 e. The fourth-order valence-corrected chi connectivity index (χ4v) is 4.27. The standard InChI is InChI=1S/C8H7N3S.C6H4BrN3S/c1-2-5-3-12-7-6(5)10-4-11-8(7)9;7-3-1-11-5-4(3)9-2-10-6(5)8/h2-4H,1H2,(H2,9,10,11);1-2H,(H2,8,9,10). The van der Waals surface area contributed by atoms with E-state index in [1.54, 1.807) is 28.7 Å². The summed E-state index contributed by atoms with van der Waals surface area (Å²) in [4.78, 5) is 16.0. The van der Waals surface area contributed by atoms with Gasteiger partial charge in [0.2, 0.25) is 0 Å². The first kappa shape index (κ1) is 15.8. The molecule has 9 heteroatoms. The van der Waals surface area contributed by atoms with Gasteiger partial charge in [-0.25, -0.2) is 19.9 Å². The number of halogens is 1. The lowest BCUT2D eigenvalue weighted by molar-refractivity contribution is 1.23. The number of nitrogens with zero attached hydrogens (tertiary/aromatic N) is 4. The van der Waals surface area contributed by atoms with Gasteiger partial charge in [0.05, 0.1) is 19.4 Å². The molecule has 0 amide bonds. The van der Waals surface area contributed by atoms with Crippen LogP contribution in [-0.2, 0) is 0 Å². The van der Waals surface area contributed by atoms with Crippen molar-refractivity contribution in [3.05, 3.63) is 40.0 Å². The molecular weight excluding hydrogens is 396 g/mol. The van der Waals surface area contributed by atoms with Gasteiger partial charge in [-0.3, -0.25) is 0 Å². The van der Waals surface area contributed by atoms with Crippen molar-refractivity contribution in [3.8, 4) is 0 Å². The SMILES string of the molecule is C=Cc1csc2c(N)ncnc12.Nc1ncnc2c(Br)csc12. The molecule has 0 saturated carbocycles. The summed E-state index contributed by atoms with van der Waals surface area (Å²) in [5.74, 6) is 1.09. The third kappa shape index (κ3) is 3.03. The van der Waals surface area contributed by atoms with Crippen molar-refractivity contribution in [2.75, 3.05) is 11.5 Å². The van der Waals surface area contributed by atoms with E-state index in [0.717, 1.165) is 30.5 Å². The Labute approximate surface area is 148 Å². The van der Waals surface area contributed by atoms with Crippen LogP contribution in [0.4, 0.5) is 11.6 Å². The van der Waals surface area contributed by atoms with Gasteiger partial charge in [-0.05, 0) is 15.9 Å². The zero-order valence-corrected chi connectivity index (χ0v) is 15.0. The summed E-state index contributed by atoms with van der Waals surface area (Å²) in [6.07, 6.45) is 4.71. The molecule has 0 aromatic carbocycles. The Morgan fingerprint density at radius 3 is 2.09 bits per heavy atom. The summed E-state index contributed by atoms with van der Waals surface area (Å²) in [5, 5.41) is 3.93. The maximum absolute atomic E-state index is 5.65. The maximum atomic E-state index is 5.65. The number of rotatable bonds is 1. The summed E-state index contributed by atoms with van der Waals surface area (Å²) in [6, 6.07) is 0. The van der Waals surface area contributed by atoms with Gasteiger partial charge < -0.3 is 11.5 Å². The lowest BCUT2D eigenvalue weighted by Crippen LogP contribution is -1.90. The topological polar surface area (TPSA) is 104 Å². The number of nitrogens with two attached hydrogens (primary N) is 2. The molecule has 0 saturated heterocycles. The van der Waals surface area contributed by atoms with Crippen LogP contribution in [0.15, 0.2) is 34.5 Å². The molecule has 0 fully saturated rings. The average molecular weight is 407 g/mol. The first-order valence-electron chi connectivity index (χ1n) is 6.35. The molecule has 0 aliphatic carbocycles. The Balaban J connectivity index is 0.000000136. The summed E-state index contributed by atoms with van der Waals surface area (Å²) in [5.41, 5.74) is 14.1. The summed E-state index contributed by atoms with van der Waals surface area (Å²) in [7, 11) is 0. The van der Waals surface area contributed by atoms with E-state index in [1.165, 1.54) is 12.7 Å². The van der Waals surface area contributed by atoms with E-state index >= 15 is 0 Å². The minimum Gasteiger partial charge on any atom is -0.382 e. The summed E-state index contributed by atoms with van der Waals surface area (Å²) in [6.45, 7) is 3.69. The number of anilines is 2. The van der Waals surface area contributed by atoms with Crippen molar-refractivity contribution < 1.29 is 0 Å². The molecule has 0 atom stereocenters. The molecule has 23 heavy (non-hydrogen) atoms. The highest BCUT2D eigenvalue weighted by Crippen LogP contribution is 2.30. The first-order valence-corrected chi connectivity index (χ1v) is 8.90. The lowest BCUT2D eigenvalue weighted by atomic mass is 10.3. The molecule has 0 unspecified atom stereocenters. The zero-order valence-electron chi connectivity index (χ0n) is 11.7. The Bertz CT molecular complexity index is 993. The van der Waals surface area contributed by atoms with Crippen LogP contribution in [0.25, 0.3) is 26.5 Å². The van der Waals surface area contributed by atoms with Crippen LogP contribution in [0, 0.1) is 0 Å². The maximum Gasteiger partial charge on any atom is 0.144 e. The fourth-order valence-electron chi connectivity index (χ4n) is 1.87. The Kier molecular flexibility index (Phi) is 4.51. The number of hydrogen-bond acceptors (Lipinski definition) is 8. The predicted molar refractivity (Wildman–Crippen MR) is 101 cm³/mol. The second kappa shape index (κ2) is 6.57. The monoisotopic (exact) mass is 406 g/mol. The number of aromatic nitrogens is 4. The van der Waals surface area contributed by atoms with E-state index in [1.807, 2.05) is 10.8 Å². The summed E-state index contributed by atoms with van der Waals surface area (Å²) >= 11 is 6.45. The highest BCUT2D eigenvalue weighted by molar-refractivity contribution is 9.10. The third-order valence-corrected chi connectivity index (χ3v) is 5.88. The zero-order chi connectivity index (χ0) is 16.4. The van der Waals surface area contributed by atoms with Crippen LogP contribution in [-0.4, -0.2) is 19.9 Å². The second-order valence-electron chi connectivity index (χ2n) is 4.35. The second-order valence-corrected chi connectivity index (χ2v) is 6.97. The molecule has 0 aliphatic rings. The molecule has 0 radical (unpaired) electrons. The van der Waals surface area contributed by atoms with Gasteiger partial charge in [0.15, 0.2) is 0 Å². The van der Waals surface area contributed by atoms with Crippen molar-refractivity contribution in [1.82, 2.24) is 19.9 Å². The van der Waals surface area contributed by atoms with Crippen molar-refractivity contribution >= 4 is 76.7 Å². The van der Waals surface area contributed by atoms with Gasteiger partial charge >= 0.3 is 0 Å². The Hall–Kier alpha value is -2.10. The van der Waals surface area contributed by atoms with Gasteiger partial charge in [-0.1, -0.05) is 12.7 Å². The number of fused-ring (bicyclic) bond motifs is 2. The van der Waals surface area contributed by atoms with Gasteiger partial charge in [0.25, 0.3) is 0 Å².